The number of rotatable bonds is 8. The fourth-order valence-corrected chi connectivity index (χ4v) is 5.01. The molecule has 0 radical (unpaired) electrons. The average Bonchev–Trinajstić information content (AvgIpc) is 2.67. The van der Waals surface area contributed by atoms with Gasteiger partial charge in [0.2, 0.25) is 15.9 Å². The van der Waals surface area contributed by atoms with E-state index in [0.29, 0.717) is 11.1 Å². The molecule has 2 rings (SSSR count). The van der Waals surface area contributed by atoms with Crippen LogP contribution in [0.4, 0.5) is 11.4 Å². The fourth-order valence-electron chi connectivity index (χ4n) is 3.15. The highest BCUT2D eigenvalue weighted by atomic mass is 32.2. The van der Waals surface area contributed by atoms with Crippen molar-refractivity contribution in [2.75, 3.05) is 16.8 Å². The first-order chi connectivity index (χ1) is 14.6. The number of nitro groups is 1. The minimum atomic E-state index is -3.97. The molecule has 32 heavy (non-hydrogen) atoms. The Labute approximate surface area is 187 Å². The normalized spacial score (nSPS) is 13.8. The molecule has 0 spiro atoms. The number of anilines is 1. The number of hydrogen-bond donors (Lipinski definition) is 1. The van der Waals surface area contributed by atoms with Crippen molar-refractivity contribution in [2.24, 2.45) is 0 Å². The molecule has 1 amide bonds. The molecule has 0 saturated carbocycles. The first kappa shape index (κ1) is 25.3. The summed E-state index contributed by atoms with van der Waals surface area (Å²) in [6.45, 7) is 4.64. The number of nitrogens with one attached hydrogen (secondary N) is 1. The van der Waals surface area contributed by atoms with Crippen molar-refractivity contribution in [3.8, 4) is 0 Å². The van der Waals surface area contributed by atoms with Crippen LogP contribution in [-0.2, 0) is 24.7 Å². The summed E-state index contributed by atoms with van der Waals surface area (Å²) >= 11 is 0. The Balaban J connectivity index is 2.33. The topological polar surface area (TPSA) is 144 Å². The third kappa shape index (κ3) is 5.82. The van der Waals surface area contributed by atoms with E-state index in [-0.39, 0.29) is 16.3 Å². The Morgan fingerprint density at radius 1 is 1.03 bits per heavy atom. The van der Waals surface area contributed by atoms with E-state index in [4.69, 9.17) is 0 Å². The minimum Gasteiger partial charge on any atom is -0.348 e. The number of aryl methyl sites for hydroxylation is 1. The van der Waals surface area contributed by atoms with Gasteiger partial charge >= 0.3 is 0 Å². The smallest absolute Gasteiger partial charge is 0.271 e. The molecular formula is C20H25N3O7S2. The maximum Gasteiger partial charge on any atom is 0.271 e. The zero-order valence-electron chi connectivity index (χ0n) is 18.3. The van der Waals surface area contributed by atoms with E-state index >= 15 is 0 Å². The van der Waals surface area contributed by atoms with Crippen molar-refractivity contribution in [3.63, 3.8) is 0 Å². The Bertz CT molecular complexity index is 1240. The molecule has 0 unspecified atom stereocenters. The molecule has 0 aliphatic rings. The summed E-state index contributed by atoms with van der Waals surface area (Å²) in [6.07, 6.45) is 2.01. The quantitative estimate of drug-likeness (QED) is 0.448. The summed E-state index contributed by atoms with van der Waals surface area (Å²) < 4.78 is 49.1. The fraction of sp³-hybridized carbons (Fsp3) is 0.350. The summed E-state index contributed by atoms with van der Waals surface area (Å²) in [4.78, 5) is 23.5. The highest BCUT2D eigenvalue weighted by molar-refractivity contribution is 7.92. The zero-order valence-corrected chi connectivity index (χ0v) is 19.9. The largest absolute Gasteiger partial charge is 0.348 e. The molecule has 0 heterocycles. The van der Waals surface area contributed by atoms with Crippen molar-refractivity contribution in [3.05, 3.63) is 63.7 Å². The van der Waals surface area contributed by atoms with Crippen LogP contribution in [0.25, 0.3) is 0 Å². The first-order valence-electron chi connectivity index (χ1n) is 9.47. The molecule has 2 aromatic carbocycles. The monoisotopic (exact) mass is 483 g/mol. The molecule has 174 valence electrons. The van der Waals surface area contributed by atoms with Crippen molar-refractivity contribution in [2.45, 2.75) is 37.8 Å². The van der Waals surface area contributed by atoms with Gasteiger partial charge < -0.3 is 5.32 Å². The van der Waals surface area contributed by atoms with E-state index < -0.39 is 42.8 Å². The molecule has 12 heteroatoms. The highest BCUT2D eigenvalue weighted by Crippen LogP contribution is 2.29. The van der Waals surface area contributed by atoms with Gasteiger partial charge in [-0.15, -0.1) is 0 Å². The number of benzene rings is 2. The molecule has 0 aliphatic carbocycles. The molecule has 0 aromatic heterocycles. The van der Waals surface area contributed by atoms with E-state index in [2.05, 4.69) is 5.32 Å². The second kappa shape index (κ2) is 9.25. The van der Waals surface area contributed by atoms with Crippen LogP contribution in [0.1, 0.15) is 31.0 Å². The molecule has 2 atom stereocenters. The van der Waals surface area contributed by atoms with E-state index in [1.54, 1.807) is 26.0 Å². The lowest BCUT2D eigenvalue weighted by Crippen LogP contribution is -2.48. The van der Waals surface area contributed by atoms with Gasteiger partial charge in [0.05, 0.1) is 27.8 Å². The van der Waals surface area contributed by atoms with Gasteiger partial charge in [-0.2, -0.15) is 0 Å². The maximum atomic E-state index is 12.9. The van der Waals surface area contributed by atoms with Gasteiger partial charge in [0.1, 0.15) is 6.04 Å². The summed E-state index contributed by atoms with van der Waals surface area (Å²) in [5.74, 6) is -0.624. The van der Waals surface area contributed by atoms with Crippen LogP contribution in [-0.4, -0.2) is 46.2 Å². The number of sulfonamides is 1. The molecule has 0 bridgehead atoms. The Kier molecular flexibility index (Phi) is 7.30. The van der Waals surface area contributed by atoms with Gasteiger partial charge in [-0.25, -0.2) is 16.8 Å². The standard InChI is InChI=1S/C20H25N3O7S2/c1-13-6-9-17(23(25)26)12-19(13)22(32(5,29)30)15(3)20(24)21-14(2)16-7-10-18(11-8-16)31(4,27)28/h6-12,14-15H,1-5H3,(H,21,24)/t14-,15-/m0/s1. The third-order valence-corrected chi connectivity index (χ3v) is 7.25. The molecule has 2 aromatic rings. The maximum absolute atomic E-state index is 12.9. The van der Waals surface area contributed by atoms with Crippen molar-refractivity contribution in [1.82, 2.24) is 5.32 Å². The van der Waals surface area contributed by atoms with Gasteiger partial charge in [0.25, 0.3) is 5.69 Å². The van der Waals surface area contributed by atoms with Crippen LogP contribution in [0.15, 0.2) is 47.4 Å². The summed E-state index contributed by atoms with van der Waals surface area (Å²) in [6, 6.07) is 8.01. The predicted molar refractivity (Wildman–Crippen MR) is 121 cm³/mol. The number of amides is 1. The van der Waals surface area contributed by atoms with E-state index in [1.165, 1.54) is 31.2 Å². The van der Waals surface area contributed by atoms with Gasteiger partial charge in [-0.05, 0) is 44.0 Å². The first-order valence-corrected chi connectivity index (χ1v) is 13.2. The molecule has 0 saturated heterocycles. The SMILES string of the molecule is Cc1ccc([N+](=O)[O-])cc1N([C@@H](C)C(=O)N[C@@H](C)c1ccc(S(C)(=O)=O)cc1)S(C)(=O)=O. The number of hydrogen-bond acceptors (Lipinski definition) is 7. The molecule has 10 nitrogen and oxygen atoms in total. The number of sulfone groups is 1. The Morgan fingerprint density at radius 2 is 1.59 bits per heavy atom. The third-order valence-electron chi connectivity index (χ3n) is 4.90. The predicted octanol–water partition coefficient (Wildman–Crippen LogP) is 2.34. The van der Waals surface area contributed by atoms with Crippen molar-refractivity contribution < 1.29 is 26.6 Å². The Hall–Kier alpha value is -2.99. The molecular weight excluding hydrogens is 458 g/mol. The van der Waals surface area contributed by atoms with Gasteiger partial charge in [-0.3, -0.25) is 19.2 Å². The van der Waals surface area contributed by atoms with Crippen LogP contribution in [0.3, 0.4) is 0 Å². The Morgan fingerprint density at radius 3 is 2.06 bits per heavy atom. The van der Waals surface area contributed by atoms with Crippen LogP contribution in [0.5, 0.6) is 0 Å². The van der Waals surface area contributed by atoms with E-state index in [1.807, 2.05) is 0 Å². The molecule has 1 N–H and O–H groups in total. The molecule has 0 fully saturated rings. The molecule has 0 aliphatic heterocycles. The summed E-state index contributed by atoms with van der Waals surface area (Å²) in [5.41, 5.74) is 0.807. The number of non-ortho nitro benzene ring substituents is 1. The second-order valence-corrected chi connectivity index (χ2v) is 11.4. The van der Waals surface area contributed by atoms with Gasteiger partial charge in [0.15, 0.2) is 9.84 Å². The van der Waals surface area contributed by atoms with Crippen LogP contribution in [0, 0.1) is 17.0 Å². The number of carbonyl (C=O) groups excluding carboxylic acids is 1. The lowest BCUT2D eigenvalue weighted by Gasteiger charge is -2.30. The van der Waals surface area contributed by atoms with Crippen LogP contribution >= 0.6 is 0 Å². The number of nitrogens with zero attached hydrogens (tertiary/aromatic N) is 2. The highest BCUT2D eigenvalue weighted by Gasteiger charge is 2.32. The number of carbonyl (C=O) groups is 1. The van der Waals surface area contributed by atoms with Gasteiger partial charge in [-0.1, -0.05) is 18.2 Å². The van der Waals surface area contributed by atoms with Gasteiger partial charge in [0, 0.05) is 18.4 Å². The lowest BCUT2D eigenvalue weighted by molar-refractivity contribution is -0.384. The number of nitro benzene ring substituents is 1. The van der Waals surface area contributed by atoms with Crippen molar-refractivity contribution in [1.29, 1.82) is 0 Å². The minimum absolute atomic E-state index is 0.0366. The zero-order chi connectivity index (χ0) is 24.4. The summed E-state index contributed by atoms with van der Waals surface area (Å²) in [5, 5.41) is 13.9. The van der Waals surface area contributed by atoms with Crippen LogP contribution < -0.4 is 9.62 Å². The van der Waals surface area contributed by atoms with Crippen LogP contribution in [0.2, 0.25) is 0 Å². The lowest BCUT2D eigenvalue weighted by atomic mass is 10.1. The van der Waals surface area contributed by atoms with Crippen molar-refractivity contribution >= 4 is 37.1 Å². The second-order valence-electron chi connectivity index (χ2n) is 7.53. The van der Waals surface area contributed by atoms with E-state index in [9.17, 15) is 31.7 Å². The summed E-state index contributed by atoms with van der Waals surface area (Å²) in [7, 11) is -7.33. The average molecular weight is 484 g/mol. The van der Waals surface area contributed by atoms with E-state index in [0.717, 1.165) is 22.9 Å².